The average Bonchev–Trinajstić information content (AvgIpc) is 3.20. The predicted octanol–water partition coefficient (Wildman–Crippen LogP) is 3.75. The van der Waals surface area contributed by atoms with Crippen molar-refractivity contribution in [3.63, 3.8) is 0 Å². The maximum absolute atomic E-state index is 12.7. The largest absolute Gasteiger partial charge is 0.442 e. The van der Waals surface area contributed by atoms with Gasteiger partial charge in [0.15, 0.2) is 0 Å². The Hall–Kier alpha value is -2.63. The molecular weight excluding hydrogens is 316 g/mol. The number of hydrogen-bond acceptors (Lipinski definition) is 5. The standard InChI is InChI=1S/C19H24N4O2/c1-5-13(6-2)7-10-20-17(24)14-12(3)25-18-15(14)16(21-11-22-18)23-19(4)8-9-19/h5-6,11H,1,7-10H2,2-4H3,(H,20,24)(H,21,22,23)/b13-6+. The summed E-state index contributed by atoms with van der Waals surface area (Å²) in [5, 5.41) is 7.03. The van der Waals surface area contributed by atoms with Crippen LogP contribution in [0.5, 0.6) is 0 Å². The summed E-state index contributed by atoms with van der Waals surface area (Å²) in [5.74, 6) is 1.04. The number of aromatic nitrogens is 2. The zero-order chi connectivity index (χ0) is 18.0. The van der Waals surface area contributed by atoms with E-state index in [1.807, 2.05) is 13.0 Å². The lowest BCUT2D eigenvalue weighted by Crippen LogP contribution is -2.25. The summed E-state index contributed by atoms with van der Waals surface area (Å²) in [6.45, 7) is 10.2. The molecule has 6 heteroatoms. The van der Waals surface area contributed by atoms with Crippen molar-refractivity contribution in [1.82, 2.24) is 15.3 Å². The number of allylic oxidation sites excluding steroid dienone is 2. The second-order valence-corrected chi connectivity index (χ2v) is 6.69. The molecule has 0 aromatic carbocycles. The lowest BCUT2D eigenvalue weighted by Gasteiger charge is -2.13. The average molecular weight is 340 g/mol. The molecule has 0 saturated heterocycles. The number of carbonyl (C=O) groups is 1. The SMILES string of the molecule is C=C/C(=C\C)CCNC(=O)c1c(C)oc2ncnc(NC3(C)CC3)c12. The van der Waals surface area contributed by atoms with Crippen LogP contribution in [-0.4, -0.2) is 28.0 Å². The molecule has 1 aliphatic carbocycles. The van der Waals surface area contributed by atoms with Gasteiger partial charge < -0.3 is 15.1 Å². The Morgan fingerprint density at radius 1 is 1.44 bits per heavy atom. The number of rotatable bonds is 7. The van der Waals surface area contributed by atoms with Crippen LogP contribution in [0.4, 0.5) is 5.82 Å². The highest BCUT2D eigenvalue weighted by Gasteiger charge is 2.38. The molecule has 1 amide bonds. The van der Waals surface area contributed by atoms with Gasteiger partial charge in [-0.2, -0.15) is 0 Å². The molecule has 1 saturated carbocycles. The fourth-order valence-electron chi connectivity index (χ4n) is 2.78. The van der Waals surface area contributed by atoms with Crippen molar-refractivity contribution in [3.8, 4) is 0 Å². The molecule has 6 nitrogen and oxygen atoms in total. The number of nitrogens with one attached hydrogen (secondary N) is 2. The third-order valence-electron chi connectivity index (χ3n) is 4.64. The molecule has 1 fully saturated rings. The quantitative estimate of drug-likeness (QED) is 0.750. The highest BCUT2D eigenvalue weighted by molar-refractivity contribution is 6.10. The maximum Gasteiger partial charge on any atom is 0.255 e. The van der Waals surface area contributed by atoms with Gasteiger partial charge in [-0.05, 0) is 40.0 Å². The molecule has 0 aliphatic heterocycles. The van der Waals surface area contributed by atoms with Crippen molar-refractivity contribution < 1.29 is 9.21 Å². The fourth-order valence-corrected chi connectivity index (χ4v) is 2.78. The molecular formula is C19H24N4O2. The Bertz CT molecular complexity index is 846. The number of aryl methyl sites for hydroxylation is 1. The molecule has 3 rings (SSSR count). The molecule has 2 aromatic rings. The van der Waals surface area contributed by atoms with E-state index in [0.717, 1.165) is 24.8 Å². The number of anilines is 1. The van der Waals surface area contributed by atoms with Crippen LogP contribution in [0.2, 0.25) is 0 Å². The van der Waals surface area contributed by atoms with Crippen molar-refractivity contribution in [3.05, 3.63) is 42.0 Å². The van der Waals surface area contributed by atoms with E-state index in [4.69, 9.17) is 4.42 Å². The molecule has 0 unspecified atom stereocenters. The normalized spacial score (nSPS) is 15.9. The van der Waals surface area contributed by atoms with Crippen LogP contribution in [0, 0.1) is 6.92 Å². The highest BCUT2D eigenvalue weighted by atomic mass is 16.3. The molecule has 132 valence electrons. The van der Waals surface area contributed by atoms with Gasteiger partial charge in [-0.3, -0.25) is 4.79 Å². The van der Waals surface area contributed by atoms with Crippen molar-refractivity contribution >= 4 is 22.8 Å². The number of fused-ring (bicyclic) bond motifs is 1. The van der Waals surface area contributed by atoms with E-state index in [0.29, 0.717) is 34.8 Å². The monoisotopic (exact) mass is 340 g/mol. The summed E-state index contributed by atoms with van der Waals surface area (Å²) in [6, 6.07) is 0. The topological polar surface area (TPSA) is 80.1 Å². The number of furan rings is 1. The summed E-state index contributed by atoms with van der Waals surface area (Å²) in [6.07, 6.45) is 8.17. The Kier molecular flexibility index (Phi) is 4.61. The van der Waals surface area contributed by atoms with Crippen LogP contribution in [0.3, 0.4) is 0 Å². The zero-order valence-corrected chi connectivity index (χ0v) is 15.0. The first-order chi connectivity index (χ1) is 12.0. The van der Waals surface area contributed by atoms with Gasteiger partial charge in [0.1, 0.15) is 17.9 Å². The van der Waals surface area contributed by atoms with Crippen LogP contribution in [0.25, 0.3) is 11.1 Å². The van der Waals surface area contributed by atoms with E-state index in [1.54, 1.807) is 13.0 Å². The Morgan fingerprint density at radius 2 is 2.20 bits per heavy atom. The number of hydrogen-bond donors (Lipinski definition) is 2. The molecule has 2 N–H and O–H groups in total. The van der Waals surface area contributed by atoms with E-state index in [1.165, 1.54) is 6.33 Å². The van der Waals surface area contributed by atoms with E-state index in [9.17, 15) is 4.79 Å². The smallest absolute Gasteiger partial charge is 0.255 e. The first-order valence-electron chi connectivity index (χ1n) is 8.55. The second-order valence-electron chi connectivity index (χ2n) is 6.69. The van der Waals surface area contributed by atoms with Crippen LogP contribution < -0.4 is 10.6 Å². The molecule has 1 aliphatic rings. The molecule has 25 heavy (non-hydrogen) atoms. The van der Waals surface area contributed by atoms with Crippen LogP contribution in [0.15, 0.2) is 35.0 Å². The molecule has 2 aromatic heterocycles. The third-order valence-corrected chi connectivity index (χ3v) is 4.64. The van der Waals surface area contributed by atoms with Gasteiger partial charge in [0.25, 0.3) is 5.91 Å². The predicted molar refractivity (Wildman–Crippen MR) is 98.7 cm³/mol. The lowest BCUT2D eigenvalue weighted by atomic mass is 10.1. The van der Waals surface area contributed by atoms with Gasteiger partial charge in [0.05, 0.1) is 10.9 Å². The second kappa shape index (κ2) is 6.70. The third kappa shape index (κ3) is 3.57. The number of nitrogens with zero attached hydrogens (tertiary/aromatic N) is 2. The van der Waals surface area contributed by atoms with Gasteiger partial charge in [-0.15, -0.1) is 0 Å². The highest BCUT2D eigenvalue weighted by Crippen LogP contribution is 2.40. The van der Waals surface area contributed by atoms with Crippen molar-refractivity contribution in [2.45, 2.75) is 45.6 Å². The first-order valence-corrected chi connectivity index (χ1v) is 8.55. The number of carbonyl (C=O) groups excluding carboxylic acids is 1. The van der Waals surface area contributed by atoms with Gasteiger partial charge in [-0.1, -0.05) is 24.3 Å². The van der Waals surface area contributed by atoms with Gasteiger partial charge in [-0.25, -0.2) is 9.97 Å². The summed E-state index contributed by atoms with van der Waals surface area (Å²) in [7, 11) is 0. The van der Waals surface area contributed by atoms with Crippen molar-refractivity contribution in [1.29, 1.82) is 0 Å². The summed E-state index contributed by atoms with van der Waals surface area (Å²) in [5.41, 5.74) is 2.08. The minimum Gasteiger partial charge on any atom is -0.442 e. The van der Waals surface area contributed by atoms with Crippen LogP contribution in [0.1, 0.15) is 49.2 Å². The Balaban J connectivity index is 1.86. The van der Waals surface area contributed by atoms with E-state index >= 15 is 0 Å². The summed E-state index contributed by atoms with van der Waals surface area (Å²) >= 11 is 0. The summed E-state index contributed by atoms with van der Waals surface area (Å²) < 4.78 is 5.69. The van der Waals surface area contributed by atoms with Gasteiger partial charge in [0.2, 0.25) is 5.71 Å². The van der Waals surface area contributed by atoms with E-state index < -0.39 is 0 Å². The molecule has 0 radical (unpaired) electrons. The molecule has 0 atom stereocenters. The van der Waals surface area contributed by atoms with Gasteiger partial charge in [0, 0.05) is 12.1 Å². The van der Waals surface area contributed by atoms with Crippen molar-refractivity contribution in [2.24, 2.45) is 0 Å². The van der Waals surface area contributed by atoms with Crippen molar-refractivity contribution in [2.75, 3.05) is 11.9 Å². The minimum absolute atomic E-state index is 0.0466. The molecule has 0 spiro atoms. The van der Waals surface area contributed by atoms with E-state index in [2.05, 4.69) is 34.1 Å². The Labute approximate surface area is 147 Å². The van der Waals surface area contributed by atoms with Crippen LogP contribution >= 0.6 is 0 Å². The lowest BCUT2D eigenvalue weighted by molar-refractivity contribution is 0.0954. The summed E-state index contributed by atoms with van der Waals surface area (Å²) in [4.78, 5) is 21.2. The Morgan fingerprint density at radius 3 is 2.84 bits per heavy atom. The molecule has 0 bridgehead atoms. The zero-order valence-electron chi connectivity index (χ0n) is 15.0. The van der Waals surface area contributed by atoms with Crippen LogP contribution in [-0.2, 0) is 0 Å². The van der Waals surface area contributed by atoms with E-state index in [-0.39, 0.29) is 11.4 Å². The first kappa shape index (κ1) is 17.2. The molecule has 2 heterocycles. The minimum atomic E-state index is -0.172. The van der Waals surface area contributed by atoms with Gasteiger partial charge >= 0.3 is 0 Å². The maximum atomic E-state index is 12.7. The number of amides is 1. The fraction of sp³-hybridized carbons (Fsp3) is 0.421.